The predicted octanol–water partition coefficient (Wildman–Crippen LogP) is 1.34. The van der Waals surface area contributed by atoms with Gasteiger partial charge >= 0.3 is 5.76 Å². The van der Waals surface area contributed by atoms with Gasteiger partial charge in [-0.25, -0.2) is 17.9 Å². The first kappa shape index (κ1) is 20.4. The maximum atomic E-state index is 13.1. The summed E-state index contributed by atoms with van der Waals surface area (Å²) in [6.45, 7) is 0.627. The van der Waals surface area contributed by atoms with E-state index >= 15 is 0 Å². The van der Waals surface area contributed by atoms with E-state index < -0.39 is 15.8 Å². The van der Waals surface area contributed by atoms with Gasteiger partial charge < -0.3 is 9.15 Å². The summed E-state index contributed by atoms with van der Waals surface area (Å²) in [5.74, 6) is 0.428. The highest BCUT2D eigenvalue weighted by Gasteiger charge is 2.31. The van der Waals surface area contributed by atoms with Crippen molar-refractivity contribution in [3.05, 3.63) is 59.3 Å². The molecule has 0 spiro atoms. The van der Waals surface area contributed by atoms with Gasteiger partial charge in [0.2, 0.25) is 15.9 Å². The van der Waals surface area contributed by atoms with Gasteiger partial charge in [0.05, 0.1) is 10.4 Å². The first-order valence-electron chi connectivity index (χ1n) is 10.0. The van der Waals surface area contributed by atoms with E-state index in [4.69, 9.17) is 9.15 Å². The van der Waals surface area contributed by atoms with E-state index in [1.165, 1.54) is 34.1 Å². The molecule has 0 bridgehead atoms. The quantitative estimate of drug-likeness (QED) is 0.440. The Balaban J connectivity index is 1.25. The third kappa shape index (κ3) is 3.67. The van der Waals surface area contributed by atoms with Crippen LogP contribution in [0.4, 0.5) is 0 Å². The van der Waals surface area contributed by atoms with Gasteiger partial charge in [0.15, 0.2) is 11.4 Å². The average Bonchev–Trinajstić information content (AvgIpc) is 3.43. The zero-order valence-electron chi connectivity index (χ0n) is 17.2. The molecule has 1 aliphatic rings. The molecule has 1 aromatic carbocycles. The summed E-state index contributed by atoms with van der Waals surface area (Å²) >= 11 is 0. The Morgan fingerprint density at radius 3 is 2.62 bits per heavy atom. The zero-order chi connectivity index (χ0) is 22.3. The summed E-state index contributed by atoms with van der Waals surface area (Å²) in [6, 6.07) is 9.70. The molecule has 0 saturated carbocycles. The van der Waals surface area contributed by atoms with Crippen molar-refractivity contribution in [3.63, 3.8) is 0 Å². The smallest absolute Gasteiger partial charge is 0.419 e. The van der Waals surface area contributed by atoms with E-state index in [1.807, 2.05) is 0 Å². The highest BCUT2D eigenvalue weighted by atomic mass is 32.2. The Hall–Kier alpha value is -3.51. The average molecular weight is 456 g/mol. The minimum atomic E-state index is -3.70. The highest BCUT2D eigenvalue weighted by Crippen LogP contribution is 2.25. The number of hydrogen-bond donors (Lipinski definition) is 0. The van der Waals surface area contributed by atoms with Crippen molar-refractivity contribution in [3.8, 4) is 11.7 Å². The zero-order valence-corrected chi connectivity index (χ0v) is 18.0. The number of oxazole rings is 1. The van der Waals surface area contributed by atoms with Crippen molar-refractivity contribution in [1.29, 1.82) is 0 Å². The van der Waals surface area contributed by atoms with Crippen LogP contribution in [0.2, 0.25) is 0 Å². The number of fused-ring (bicyclic) bond motifs is 1. The second kappa shape index (κ2) is 7.88. The SMILES string of the molecule is Cn1c(=O)oc2ccc(S(=O)(=O)N3CCC(Oc4ccc(-n5cccn5)nn4)CC3)cc21. The third-order valence-corrected chi connectivity index (χ3v) is 7.35. The molecule has 0 unspecified atom stereocenters. The molecule has 32 heavy (non-hydrogen) atoms. The van der Waals surface area contributed by atoms with E-state index in [2.05, 4.69) is 15.3 Å². The van der Waals surface area contributed by atoms with Crippen LogP contribution in [0, 0.1) is 0 Å². The number of piperidine rings is 1. The normalized spacial score (nSPS) is 15.9. The first-order chi connectivity index (χ1) is 15.4. The topological polar surface area (TPSA) is 125 Å². The lowest BCUT2D eigenvalue weighted by molar-refractivity contribution is 0.128. The number of benzene rings is 1. The largest absolute Gasteiger partial charge is 0.473 e. The Morgan fingerprint density at radius 1 is 1.12 bits per heavy atom. The third-order valence-electron chi connectivity index (χ3n) is 5.45. The van der Waals surface area contributed by atoms with Gasteiger partial charge in [-0.05, 0) is 43.2 Å². The summed E-state index contributed by atoms with van der Waals surface area (Å²) in [4.78, 5) is 11.8. The molecule has 11 nitrogen and oxygen atoms in total. The van der Waals surface area contributed by atoms with Crippen molar-refractivity contribution in [2.75, 3.05) is 13.1 Å². The van der Waals surface area contributed by atoms with Crippen LogP contribution in [-0.4, -0.2) is 56.5 Å². The molecule has 3 aromatic heterocycles. The highest BCUT2D eigenvalue weighted by molar-refractivity contribution is 7.89. The van der Waals surface area contributed by atoms with Gasteiger partial charge in [0.25, 0.3) is 0 Å². The number of aromatic nitrogens is 5. The molecule has 0 atom stereocenters. The molecule has 1 saturated heterocycles. The van der Waals surface area contributed by atoms with Gasteiger partial charge in [-0.3, -0.25) is 4.57 Å². The fourth-order valence-electron chi connectivity index (χ4n) is 3.68. The second-order valence-electron chi connectivity index (χ2n) is 7.46. The van der Waals surface area contributed by atoms with Crippen LogP contribution < -0.4 is 10.5 Å². The monoisotopic (exact) mass is 456 g/mol. The maximum Gasteiger partial charge on any atom is 0.419 e. The van der Waals surface area contributed by atoms with Crippen molar-refractivity contribution >= 4 is 21.1 Å². The molecule has 4 heterocycles. The molecule has 5 rings (SSSR count). The molecule has 1 aliphatic heterocycles. The minimum Gasteiger partial charge on any atom is -0.473 e. The minimum absolute atomic E-state index is 0.126. The van der Waals surface area contributed by atoms with Gasteiger partial charge in [0.1, 0.15) is 6.10 Å². The van der Waals surface area contributed by atoms with Crippen molar-refractivity contribution in [2.45, 2.75) is 23.8 Å². The number of sulfonamides is 1. The molecule has 0 N–H and O–H groups in total. The molecule has 4 aromatic rings. The summed E-state index contributed by atoms with van der Waals surface area (Å²) in [6.07, 6.45) is 4.30. The van der Waals surface area contributed by atoms with Gasteiger partial charge in [-0.1, -0.05) is 0 Å². The molecule has 166 valence electrons. The van der Waals surface area contributed by atoms with Crippen LogP contribution >= 0.6 is 0 Å². The summed E-state index contributed by atoms with van der Waals surface area (Å²) in [5, 5.41) is 12.3. The standard InChI is InChI=1S/C20H20N6O5S/c1-24-16-13-15(3-4-17(16)31-20(24)27)32(28,29)25-11-7-14(8-12-25)30-19-6-5-18(22-23-19)26-10-2-9-21-26/h2-6,9-10,13-14H,7-8,11-12H2,1H3. The van der Waals surface area contributed by atoms with E-state index in [0.717, 1.165) is 0 Å². The molecule has 0 radical (unpaired) electrons. The van der Waals surface area contributed by atoms with Crippen LogP contribution in [-0.2, 0) is 17.1 Å². The van der Waals surface area contributed by atoms with E-state index in [9.17, 15) is 13.2 Å². The first-order valence-corrected chi connectivity index (χ1v) is 11.5. The summed E-state index contributed by atoms with van der Waals surface area (Å²) in [5.41, 5.74) is 0.787. The summed E-state index contributed by atoms with van der Waals surface area (Å²) < 4.78 is 41.5. The van der Waals surface area contributed by atoms with E-state index in [-0.39, 0.29) is 11.0 Å². The van der Waals surface area contributed by atoms with Gasteiger partial charge in [-0.2, -0.15) is 9.40 Å². The van der Waals surface area contributed by atoms with E-state index in [1.54, 1.807) is 35.3 Å². The Labute approximate surface area is 182 Å². The number of hydrogen-bond acceptors (Lipinski definition) is 8. The number of ether oxygens (including phenoxy) is 1. The predicted molar refractivity (Wildman–Crippen MR) is 113 cm³/mol. The summed E-state index contributed by atoms with van der Waals surface area (Å²) in [7, 11) is -2.17. The van der Waals surface area contributed by atoms with Crippen molar-refractivity contribution in [1.82, 2.24) is 28.9 Å². The Morgan fingerprint density at radius 2 is 1.94 bits per heavy atom. The lowest BCUT2D eigenvalue weighted by Crippen LogP contribution is -2.41. The van der Waals surface area contributed by atoms with Crippen LogP contribution in [0.15, 0.2) is 62.9 Å². The lowest BCUT2D eigenvalue weighted by Gasteiger charge is -2.31. The molecule has 12 heteroatoms. The molecular formula is C20H20N6O5S. The molecule has 1 fully saturated rings. The number of nitrogens with zero attached hydrogens (tertiary/aromatic N) is 6. The number of rotatable bonds is 5. The molecule has 0 aliphatic carbocycles. The fraction of sp³-hybridized carbons (Fsp3) is 0.300. The van der Waals surface area contributed by atoms with Crippen molar-refractivity contribution in [2.24, 2.45) is 7.05 Å². The fourth-order valence-corrected chi connectivity index (χ4v) is 5.17. The van der Waals surface area contributed by atoms with Gasteiger partial charge in [0, 0.05) is 38.6 Å². The maximum absolute atomic E-state index is 13.1. The van der Waals surface area contributed by atoms with Crippen LogP contribution in [0.3, 0.4) is 0 Å². The van der Waals surface area contributed by atoms with Crippen LogP contribution in [0.1, 0.15) is 12.8 Å². The number of aryl methyl sites for hydroxylation is 1. The van der Waals surface area contributed by atoms with Crippen LogP contribution in [0.25, 0.3) is 16.9 Å². The van der Waals surface area contributed by atoms with Gasteiger partial charge in [-0.15, -0.1) is 10.2 Å². The lowest BCUT2D eigenvalue weighted by atomic mass is 10.1. The van der Waals surface area contributed by atoms with E-state index in [0.29, 0.717) is 48.7 Å². The Bertz CT molecular complexity index is 1400. The molecular weight excluding hydrogens is 436 g/mol. The molecule has 0 amide bonds. The second-order valence-corrected chi connectivity index (χ2v) is 9.40. The van der Waals surface area contributed by atoms with Crippen LogP contribution in [0.5, 0.6) is 5.88 Å². The Kier molecular flexibility index (Phi) is 5.02. The van der Waals surface area contributed by atoms with Crippen molar-refractivity contribution < 1.29 is 17.6 Å².